The van der Waals surface area contributed by atoms with Crippen LogP contribution in [0.2, 0.25) is 0 Å². The Hall–Kier alpha value is -0.620. The normalized spacial score (nSPS) is 19.7. The van der Waals surface area contributed by atoms with Gasteiger partial charge in [0.05, 0.1) is 5.41 Å². The fourth-order valence-corrected chi connectivity index (χ4v) is 2.92. The molecule has 3 nitrogen and oxygen atoms in total. The van der Waals surface area contributed by atoms with Crippen molar-refractivity contribution in [1.82, 2.24) is 4.90 Å². The molecule has 1 heterocycles. The number of nitrogens with zero attached hydrogens (tertiary/aromatic N) is 1. The van der Waals surface area contributed by atoms with Crippen molar-refractivity contribution in [3.8, 4) is 0 Å². The van der Waals surface area contributed by atoms with Gasteiger partial charge in [0.15, 0.2) is 0 Å². The van der Waals surface area contributed by atoms with Gasteiger partial charge in [-0.2, -0.15) is 0 Å². The van der Waals surface area contributed by atoms with E-state index in [2.05, 4.69) is 51.8 Å². The highest BCUT2D eigenvalue weighted by Gasteiger charge is 2.36. The zero-order valence-electron chi connectivity index (χ0n) is 10.5. The van der Waals surface area contributed by atoms with Crippen LogP contribution in [0.15, 0.2) is 24.3 Å². The summed E-state index contributed by atoms with van der Waals surface area (Å²) in [5, 5.41) is 9.19. The number of carboxylic acids is 1. The van der Waals surface area contributed by atoms with Crippen LogP contribution in [0.3, 0.4) is 0 Å². The van der Waals surface area contributed by atoms with Crippen LogP contribution in [0.4, 0.5) is 0 Å². The summed E-state index contributed by atoms with van der Waals surface area (Å²) in [5.74, 6) is -0.656. The third-order valence-electron chi connectivity index (χ3n) is 3.77. The highest BCUT2D eigenvalue weighted by Crippen LogP contribution is 2.31. The molecule has 0 aromatic heterocycles. The van der Waals surface area contributed by atoms with Crippen molar-refractivity contribution in [1.29, 1.82) is 0 Å². The number of piperidine rings is 1. The second-order valence-corrected chi connectivity index (χ2v) is 6.52. The van der Waals surface area contributed by atoms with Crippen molar-refractivity contribution >= 4 is 28.6 Å². The van der Waals surface area contributed by atoms with Crippen molar-refractivity contribution < 1.29 is 9.90 Å². The molecule has 1 aromatic rings. The number of aliphatic carboxylic acids is 1. The summed E-state index contributed by atoms with van der Waals surface area (Å²) in [7, 11) is 0. The Morgan fingerprint density at radius 3 is 2.67 bits per heavy atom. The van der Waals surface area contributed by atoms with Gasteiger partial charge in [-0.1, -0.05) is 12.1 Å². The summed E-state index contributed by atoms with van der Waals surface area (Å²) in [5.41, 5.74) is 0.780. The minimum absolute atomic E-state index is 0.526. The summed E-state index contributed by atoms with van der Waals surface area (Å²) in [4.78, 5) is 13.5. The zero-order chi connectivity index (χ0) is 13.2. The molecule has 0 unspecified atom stereocenters. The van der Waals surface area contributed by atoms with Crippen molar-refractivity contribution in [3.05, 3.63) is 33.4 Å². The molecule has 0 bridgehead atoms. The maximum Gasteiger partial charge on any atom is 0.309 e. The highest BCUT2D eigenvalue weighted by molar-refractivity contribution is 14.1. The molecule has 1 aromatic carbocycles. The largest absolute Gasteiger partial charge is 0.481 e. The molecule has 0 radical (unpaired) electrons. The van der Waals surface area contributed by atoms with Crippen molar-refractivity contribution in [2.45, 2.75) is 26.3 Å². The van der Waals surface area contributed by atoms with Gasteiger partial charge in [-0.15, -0.1) is 0 Å². The maximum atomic E-state index is 11.2. The standard InChI is InChI=1S/C14H18INO2/c1-14(13(17)18)5-7-16(8-6-14)10-11-3-2-4-12(15)9-11/h2-4,9H,5-8,10H2,1H3,(H,17,18). The lowest BCUT2D eigenvalue weighted by Gasteiger charge is -2.36. The molecule has 0 amide bonds. The van der Waals surface area contributed by atoms with Crippen LogP contribution in [0.1, 0.15) is 25.3 Å². The first kappa shape index (κ1) is 13.8. The number of likely N-dealkylation sites (tertiary alicyclic amines) is 1. The average molecular weight is 359 g/mol. The molecule has 0 spiro atoms. The Bertz CT molecular complexity index is 439. The van der Waals surface area contributed by atoms with E-state index in [0.717, 1.165) is 32.5 Å². The lowest BCUT2D eigenvalue weighted by atomic mass is 9.80. The molecule has 98 valence electrons. The first-order chi connectivity index (χ1) is 8.49. The van der Waals surface area contributed by atoms with E-state index >= 15 is 0 Å². The van der Waals surface area contributed by atoms with E-state index in [9.17, 15) is 9.90 Å². The van der Waals surface area contributed by atoms with E-state index in [1.165, 1.54) is 9.13 Å². The predicted octanol–water partition coefficient (Wildman–Crippen LogP) is 2.98. The van der Waals surface area contributed by atoms with E-state index in [1.54, 1.807) is 0 Å². The second kappa shape index (κ2) is 5.57. The number of halogens is 1. The molecular weight excluding hydrogens is 341 g/mol. The lowest BCUT2D eigenvalue weighted by molar-refractivity contribution is -0.150. The number of benzene rings is 1. The van der Waals surface area contributed by atoms with Crippen LogP contribution in [0.5, 0.6) is 0 Å². The van der Waals surface area contributed by atoms with Crippen LogP contribution in [0, 0.1) is 8.99 Å². The first-order valence-corrected chi connectivity index (χ1v) is 7.28. The predicted molar refractivity (Wildman–Crippen MR) is 79.4 cm³/mol. The minimum atomic E-state index is -0.656. The van der Waals surface area contributed by atoms with Crippen molar-refractivity contribution in [2.24, 2.45) is 5.41 Å². The Morgan fingerprint density at radius 1 is 1.44 bits per heavy atom. The van der Waals surface area contributed by atoms with Gasteiger partial charge in [-0.05, 0) is 73.1 Å². The smallest absolute Gasteiger partial charge is 0.309 e. The van der Waals surface area contributed by atoms with Gasteiger partial charge >= 0.3 is 5.97 Å². The summed E-state index contributed by atoms with van der Waals surface area (Å²) in [6.07, 6.45) is 1.48. The van der Waals surface area contributed by atoms with Crippen LogP contribution in [-0.2, 0) is 11.3 Å². The maximum absolute atomic E-state index is 11.2. The van der Waals surface area contributed by atoms with Crippen LogP contribution < -0.4 is 0 Å². The van der Waals surface area contributed by atoms with Crippen LogP contribution in [0.25, 0.3) is 0 Å². The molecule has 1 N–H and O–H groups in total. The molecular formula is C14H18INO2. The number of rotatable bonds is 3. The Balaban J connectivity index is 1.93. The van der Waals surface area contributed by atoms with Crippen LogP contribution >= 0.6 is 22.6 Å². The second-order valence-electron chi connectivity index (χ2n) is 5.27. The highest BCUT2D eigenvalue weighted by atomic mass is 127. The third-order valence-corrected chi connectivity index (χ3v) is 4.44. The Labute approximate surface area is 121 Å². The van der Waals surface area contributed by atoms with E-state index in [-0.39, 0.29) is 0 Å². The molecule has 1 saturated heterocycles. The number of carboxylic acid groups (broad SMARTS) is 1. The quantitative estimate of drug-likeness (QED) is 0.844. The van der Waals surface area contributed by atoms with Crippen molar-refractivity contribution in [3.63, 3.8) is 0 Å². The molecule has 0 saturated carbocycles. The molecule has 18 heavy (non-hydrogen) atoms. The van der Waals surface area contributed by atoms with Gasteiger partial charge in [0, 0.05) is 10.1 Å². The zero-order valence-corrected chi connectivity index (χ0v) is 12.7. The van der Waals surface area contributed by atoms with E-state index in [0.29, 0.717) is 0 Å². The number of hydrogen-bond donors (Lipinski definition) is 1. The fourth-order valence-electron chi connectivity index (χ4n) is 2.31. The minimum Gasteiger partial charge on any atom is -0.481 e. The lowest BCUT2D eigenvalue weighted by Crippen LogP contribution is -2.42. The average Bonchev–Trinajstić information content (AvgIpc) is 2.32. The topological polar surface area (TPSA) is 40.5 Å². The first-order valence-electron chi connectivity index (χ1n) is 6.20. The van der Waals surface area contributed by atoms with E-state index in [1.807, 2.05) is 6.92 Å². The van der Waals surface area contributed by atoms with Gasteiger partial charge < -0.3 is 5.11 Å². The van der Waals surface area contributed by atoms with Gasteiger partial charge in [0.25, 0.3) is 0 Å². The molecule has 1 aliphatic heterocycles. The molecule has 1 fully saturated rings. The molecule has 4 heteroatoms. The van der Waals surface area contributed by atoms with Gasteiger partial charge in [-0.3, -0.25) is 9.69 Å². The van der Waals surface area contributed by atoms with Crippen molar-refractivity contribution in [2.75, 3.05) is 13.1 Å². The molecule has 2 rings (SSSR count). The fraction of sp³-hybridized carbons (Fsp3) is 0.500. The van der Waals surface area contributed by atoms with Crippen LogP contribution in [-0.4, -0.2) is 29.1 Å². The number of carbonyl (C=O) groups is 1. The molecule has 0 atom stereocenters. The Kier molecular flexibility index (Phi) is 4.27. The van der Waals surface area contributed by atoms with Gasteiger partial charge in [0.1, 0.15) is 0 Å². The summed E-state index contributed by atoms with van der Waals surface area (Å²) in [6, 6.07) is 8.48. The summed E-state index contributed by atoms with van der Waals surface area (Å²) < 4.78 is 1.25. The SMILES string of the molecule is CC1(C(=O)O)CCN(Cc2cccc(I)c2)CC1. The van der Waals surface area contributed by atoms with Gasteiger partial charge in [0.2, 0.25) is 0 Å². The third kappa shape index (κ3) is 3.23. The number of hydrogen-bond acceptors (Lipinski definition) is 2. The molecule has 0 aliphatic carbocycles. The Morgan fingerprint density at radius 2 is 2.11 bits per heavy atom. The molecule has 1 aliphatic rings. The van der Waals surface area contributed by atoms with E-state index < -0.39 is 11.4 Å². The van der Waals surface area contributed by atoms with E-state index in [4.69, 9.17) is 0 Å². The summed E-state index contributed by atoms with van der Waals surface area (Å²) >= 11 is 2.32. The van der Waals surface area contributed by atoms with Gasteiger partial charge in [-0.25, -0.2) is 0 Å². The monoisotopic (exact) mass is 359 g/mol. The summed E-state index contributed by atoms with van der Waals surface area (Å²) in [6.45, 7) is 4.52.